The summed E-state index contributed by atoms with van der Waals surface area (Å²) in [5.41, 5.74) is 6.45. The minimum atomic E-state index is -0.192. The molecular formula is C12H18N2O2. The highest BCUT2D eigenvalue weighted by molar-refractivity contribution is 5.24. The minimum absolute atomic E-state index is 0.148. The van der Waals surface area contributed by atoms with Gasteiger partial charge in [-0.1, -0.05) is 26.0 Å². The van der Waals surface area contributed by atoms with E-state index in [1.807, 2.05) is 0 Å². The second kappa shape index (κ2) is 6.12. The fraction of sp³-hybridized carbons (Fsp3) is 0.417. The SMILES string of the molecule is C=CCOc1cc(C(N)CCC)[nH]c(=O)c1. The average molecular weight is 222 g/mol. The van der Waals surface area contributed by atoms with Gasteiger partial charge < -0.3 is 15.5 Å². The first-order valence-electron chi connectivity index (χ1n) is 5.41. The van der Waals surface area contributed by atoms with Crippen LogP contribution in [0.25, 0.3) is 0 Å². The number of pyridine rings is 1. The van der Waals surface area contributed by atoms with E-state index in [9.17, 15) is 4.79 Å². The third-order valence-corrected chi connectivity index (χ3v) is 2.21. The number of rotatable bonds is 6. The highest BCUT2D eigenvalue weighted by Crippen LogP contribution is 2.16. The van der Waals surface area contributed by atoms with Gasteiger partial charge in [-0.15, -0.1) is 0 Å². The molecule has 4 nitrogen and oxygen atoms in total. The van der Waals surface area contributed by atoms with Gasteiger partial charge in [0.15, 0.2) is 0 Å². The first kappa shape index (κ1) is 12.5. The second-order valence-corrected chi connectivity index (χ2v) is 3.63. The van der Waals surface area contributed by atoms with Crippen molar-refractivity contribution >= 4 is 0 Å². The van der Waals surface area contributed by atoms with Gasteiger partial charge in [-0.25, -0.2) is 0 Å². The van der Waals surface area contributed by atoms with Gasteiger partial charge in [-0.05, 0) is 6.42 Å². The molecule has 0 spiro atoms. The Morgan fingerprint density at radius 1 is 1.62 bits per heavy atom. The van der Waals surface area contributed by atoms with Gasteiger partial charge in [0.2, 0.25) is 0 Å². The van der Waals surface area contributed by atoms with Crippen molar-refractivity contribution in [3.63, 3.8) is 0 Å². The van der Waals surface area contributed by atoms with Crippen LogP contribution in [-0.4, -0.2) is 11.6 Å². The third kappa shape index (κ3) is 3.55. The number of H-pyrrole nitrogens is 1. The Bertz CT molecular complexity index is 398. The summed E-state index contributed by atoms with van der Waals surface area (Å²) < 4.78 is 5.31. The van der Waals surface area contributed by atoms with E-state index in [2.05, 4.69) is 18.5 Å². The monoisotopic (exact) mass is 222 g/mol. The van der Waals surface area contributed by atoms with Gasteiger partial charge in [0.05, 0.1) is 0 Å². The Kier molecular flexibility index (Phi) is 4.79. The number of ether oxygens (including phenoxy) is 1. The van der Waals surface area contributed by atoms with Gasteiger partial charge in [-0.3, -0.25) is 4.79 Å². The lowest BCUT2D eigenvalue weighted by molar-refractivity contribution is 0.361. The van der Waals surface area contributed by atoms with Gasteiger partial charge in [0, 0.05) is 23.9 Å². The van der Waals surface area contributed by atoms with Crippen LogP contribution in [0.15, 0.2) is 29.6 Å². The molecule has 1 aromatic heterocycles. The molecule has 0 radical (unpaired) electrons. The molecule has 1 heterocycles. The first-order chi connectivity index (χ1) is 7.67. The Morgan fingerprint density at radius 3 is 3.00 bits per heavy atom. The Morgan fingerprint density at radius 2 is 2.38 bits per heavy atom. The molecule has 4 heteroatoms. The molecule has 88 valence electrons. The first-order valence-corrected chi connectivity index (χ1v) is 5.41. The van der Waals surface area contributed by atoms with Crippen LogP contribution in [-0.2, 0) is 0 Å². The molecule has 0 amide bonds. The molecule has 16 heavy (non-hydrogen) atoms. The van der Waals surface area contributed by atoms with Gasteiger partial charge in [0.1, 0.15) is 12.4 Å². The predicted molar refractivity (Wildman–Crippen MR) is 64.6 cm³/mol. The van der Waals surface area contributed by atoms with Crippen LogP contribution < -0.4 is 16.0 Å². The molecule has 0 fully saturated rings. The molecule has 0 bridgehead atoms. The second-order valence-electron chi connectivity index (χ2n) is 3.63. The lowest BCUT2D eigenvalue weighted by Crippen LogP contribution is -2.17. The van der Waals surface area contributed by atoms with Crippen LogP contribution >= 0.6 is 0 Å². The molecule has 0 saturated carbocycles. The molecule has 3 N–H and O–H groups in total. The quantitative estimate of drug-likeness (QED) is 0.720. The fourth-order valence-corrected chi connectivity index (χ4v) is 1.44. The van der Waals surface area contributed by atoms with Gasteiger partial charge in [-0.2, -0.15) is 0 Å². The van der Waals surface area contributed by atoms with Crippen molar-refractivity contribution in [2.24, 2.45) is 5.73 Å². The van der Waals surface area contributed by atoms with Gasteiger partial charge >= 0.3 is 0 Å². The van der Waals surface area contributed by atoms with E-state index >= 15 is 0 Å². The van der Waals surface area contributed by atoms with E-state index < -0.39 is 0 Å². The minimum Gasteiger partial charge on any atom is -0.489 e. The Hall–Kier alpha value is -1.55. The van der Waals surface area contributed by atoms with Crippen molar-refractivity contribution in [1.29, 1.82) is 0 Å². The largest absolute Gasteiger partial charge is 0.489 e. The molecule has 1 rings (SSSR count). The highest BCUT2D eigenvalue weighted by Gasteiger charge is 2.07. The molecule has 0 aliphatic carbocycles. The van der Waals surface area contributed by atoms with Crippen LogP contribution in [0.4, 0.5) is 0 Å². The van der Waals surface area contributed by atoms with Crippen molar-refractivity contribution < 1.29 is 4.74 Å². The van der Waals surface area contributed by atoms with E-state index in [1.54, 1.807) is 12.1 Å². The number of aromatic amines is 1. The smallest absolute Gasteiger partial charge is 0.251 e. The van der Waals surface area contributed by atoms with Crippen molar-refractivity contribution in [2.75, 3.05) is 6.61 Å². The fourth-order valence-electron chi connectivity index (χ4n) is 1.44. The lowest BCUT2D eigenvalue weighted by atomic mass is 10.1. The molecule has 0 saturated heterocycles. The summed E-state index contributed by atoms with van der Waals surface area (Å²) in [6.45, 7) is 5.98. The van der Waals surface area contributed by atoms with Crippen LogP contribution in [0, 0.1) is 0 Å². The molecule has 0 aromatic carbocycles. The summed E-state index contributed by atoms with van der Waals surface area (Å²) in [6.07, 6.45) is 3.44. The maximum absolute atomic E-state index is 11.4. The topological polar surface area (TPSA) is 68.1 Å². The van der Waals surface area contributed by atoms with Crippen molar-refractivity contribution in [1.82, 2.24) is 4.98 Å². The van der Waals surface area contributed by atoms with E-state index in [0.29, 0.717) is 18.1 Å². The maximum atomic E-state index is 11.4. The summed E-state index contributed by atoms with van der Waals surface area (Å²) in [5.74, 6) is 0.533. The number of hydrogen-bond acceptors (Lipinski definition) is 3. The maximum Gasteiger partial charge on any atom is 0.251 e. The zero-order valence-corrected chi connectivity index (χ0v) is 9.53. The van der Waals surface area contributed by atoms with Crippen molar-refractivity contribution in [3.05, 3.63) is 40.8 Å². The molecule has 0 aliphatic rings. The molecule has 0 aliphatic heterocycles. The number of hydrogen-bond donors (Lipinski definition) is 2. The third-order valence-electron chi connectivity index (χ3n) is 2.21. The normalized spacial score (nSPS) is 12.1. The van der Waals surface area contributed by atoms with Crippen LogP contribution in [0.2, 0.25) is 0 Å². The Labute approximate surface area is 95.1 Å². The van der Waals surface area contributed by atoms with Crippen molar-refractivity contribution in [3.8, 4) is 5.75 Å². The van der Waals surface area contributed by atoms with Crippen LogP contribution in [0.5, 0.6) is 5.75 Å². The van der Waals surface area contributed by atoms with Crippen LogP contribution in [0.1, 0.15) is 31.5 Å². The van der Waals surface area contributed by atoms with E-state index in [-0.39, 0.29) is 11.6 Å². The Balaban J connectivity index is 2.88. The summed E-state index contributed by atoms with van der Waals surface area (Å²) in [4.78, 5) is 14.1. The molecule has 1 aromatic rings. The zero-order chi connectivity index (χ0) is 12.0. The number of aromatic nitrogens is 1. The van der Waals surface area contributed by atoms with Gasteiger partial charge in [0.25, 0.3) is 5.56 Å². The van der Waals surface area contributed by atoms with Crippen molar-refractivity contribution in [2.45, 2.75) is 25.8 Å². The number of nitrogens with one attached hydrogen (secondary N) is 1. The predicted octanol–water partition coefficient (Wildman–Crippen LogP) is 1.74. The summed E-state index contributed by atoms with van der Waals surface area (Å²) in [5, 5.41) is 0. The molecule has 1 atom stereocenters. The number of nitrogens with two attached hydrogens (primary N) is 1. The standard InChI is InChI=1S/C12H18N2O2/c1-3-5-10(13)11-7-9(16-6-4-2)8-12(15)14-11/h4,7-8,10H,2-3,5-6,13H2,1H3,(H,14,15). The van der Waals surface area contributed by atoms with E-state index in [1.165, 1.54) is 6.07 Å². The zero-order valence-electron chi connectivity index (χ0n) is 9.53. The summed E-state index contributed by atoms with van der Waals surface area (Å²) in [7, 11) is 0. The van der Waals surface area contributed by atoms with E-state index in [0.717, 1.165) is 12.8 Å². The molecule has 1 unspecified atom stereocenters. The molecular weight excluding hydrogens is 204 g/mol. The highest BCUT2D eigenvalue weighted by atomic mass is 16.5. The average Bonchev–Trinajstić information content (AvgIpc) is 2.26. The van der Waals surface area contributed by atoms with E-state index in [4.69, 9.17) is 10.5 Å². The summed E-state index contributed by atoms with van der Waals surface area (Å²) in [6, 6.07) is 3.03. The van der Waals surface area contributed by atoms with Crippen LogP contribution in [0.3, 0.4) is 0 Å². The lowest BCUT2D eigenvalue weighted by Gasteiger charge is -2.11. The summed E-state index contributed by atoms with van der Waals surface area (Å²) >= 11 is 0.